The average molecular weight is 280 g/mol. The quantitative estimate of drug-likeness (QED) is 0.866. The van der Waals surface area contributed by atoms with Crippen LogP contribution in [0.4, 0.5) is 11.6 Å². The third-order valence-electron chi connectivity index (χ3n) is 2.88. The molecule has 1 heterocycles. The van der Waals surface area contributed by atoms with Crippen LogP contribution in [0.2, 0.25) is 5.02 Å². The van der Waals surface area contributed by atoms with Gasteiger partial charge in [-0.1, -0.05) is 24.9 Å². The number of nitrogens with zero attached hydrogens (tertiary/aromatic N) is 2. The first-order valence-electron chi connectivity index (χ1n) is 6.36. The average Bonchev–Trinajstić information content (AvgIpc) is 2.86. The number of hydrogen-bond acceptors (Lipinski definition) is 3. The minimum absolute atomic E-state index is 0.599. The predicted molar refractivity (Wildman–Crippen MR) is 78.4 cm³/mol. The summed E-state index contributed by atoms with van der Waals surface area (Å²) in [5.74, 6) is 1.48. The van der Waals surface area contributed by atoms with E-state index in [1.807, 2.05) is 24.4 Å². The molecule has 0 aliphatic rings. The summed E-state index contributed by atoms with van der Waals surface area (Å²) in [5.41, 5.74) is 0.908. The maximum atomic E-state index is 6.00. The Morgan fingerprint density at radius 1 is 1.42 bits per heavy atom. The van der Waals surface area contributed by atoms with Crippen LogP contribution in [0.25, 0.3) is 0 Å². The van der Waals surface area contributed by atoms with E-state index in [1.165, 1.54) is 0 Å². The Balaban J connectivity index is 2.14. The second-order valence-electron chi connectivity index (χ2n) is 4.27. The fourth-order valence-corrected chi connectivity index (χ4v) is 2.00. The van der Waals surface area contributed by atoms with Gasteiger partial charge in [0.25, 0.3) is 0 Å². The van der Waals surface area contributed by atoms with E-state index < -0.39 is 0 Å². The maximum absolute atomic E-state index is 6.00. The molecule has 1 aromatic carbocycles. The van der Waals surface area contributed by atoms with Crippen molar-refractivity contribution >= 4 is 23.2 Å². The van der Waals surface area contributed by atoms with Crippen LogP contribution in [-0.4, -0.2) is 16.7 Å². The molecule has 0 unspecified atom stereocenters. The number of nitrogens with one attached hydrogen (secondary N) is 1. The molecular weight excluding hydrogens is 262 g/mol. The number of imidazole rings is 1. The van der Waals surface area contributed by atoms with Gasteiger partial charge >= 0.3 is 0 Å². The first-order valence-corrected chi connectivity index (χ1v) is 6.74. The molecule has 1 aromatic heterocycles. The molecule has 0 aliphatic heterocycles. The monoisotopic (exact) mass is 279 g/mol. The zero-order valence-electron chi connectivity index (χ0n) is 11.2. The number of rotatable bonds is 6. The molecule has 0 saturated heterocycles. The molecule has 1 N–H and O–H groups in total. The van der Waals surface area contributed by atoms with Crippen LogP contribution in [0.1, 0.15) is 19.8 Å². The van der Waals surface area contributed by atoms with Crippen LogP contribution < -0.4 is 10.1 Å². The number of unbranched alkanes of at least 4 members (excludes halogenated alkanes) is 1. The van der Waals surface area contributed by atoms with E-state index in [-0.39, 0.29) is 0 Å². The molecule has 4 nitrogen and oxygen atoms in total. The summed E-state index contributed by atoms with van der Waals surface area (Å²) in [7, 11) is 1.60. The van der Waals surface area contributed by atoms with Gasteiger partial charge in [-0.05, 0) is 18.6 Å². The lowest BCUT2D eigenvalue weighted by Crippen LogP contribution is -2.03. The number of halogens is 1. The first kappa shape index (κ1) is 13.7. The molecular formula is C14H18ClN3O. The van der Waals surface area contributed by atoms with Gasteiger partial charge in [0.1, 0.15) is 5.75 Å². The van der Waals surface area contributed by atoms with Crippen molar-refractivity contribution in [3.8, 4) is 5.75 Å². The molecule has 0 spiro atoms. The predicted octanol–water partition coefficient (Wildman–Crippen LogP) is 4.09. The molecule has 0 saturated carbocycles. The first-order chi connectivity index (χ1) is 9.24. The Bertz CT molecular complexity index is 539. The van der Waals surface area contributed by atoms with E-state index in [1.54, 1.807) is 13.3 Å². The van der Waals surface area contributed by atoms with Crippen molar-refractivity contribution in [1.29, 1.82) is 0 Å². The lowest BCUT2D eigenvalue weighted by molar-refractivity contribution is 0.415. The van der Waals surface area contributed by atoms with Gasteiger partial charge in [-0.3, -0.25) is 0 Å². The van der Waals surface area contributed by atoms with Crippen molar-refractivity contribution < 1.29 is 4.74 Å². The number of aryl methyl sites for hydroxylation is 1. The molecule has 2 rings (SSSR count). The van der Waals surface area contributed by atoms with Crippen molar-refractivity contribution in [3.05, 3.63) is 35.6 Å². The molecule has 5 heteroatoms. The standard InChI is InChI=1S/C14H18ClN3O/c1-3-4-8-18-9-7-16-14(18)17-11-5-6-12(15)13(10-11)19-2/h5-7,9-10H,3-4,8H2,1-2H3,(H,16,17). The van der Waals surface area contributed by atoms with Gasteiger partial charge in [-0.2, -0.15) is 0 Å². The SMILES string of the molecule is CCCCn1ccnc1Nc1ccc(Cl)c(OC)c1. The Morgan fingerprint density at radius 3 is 3.00 bits per heavy atom. The van der Waals surface area contributed by atoms with Gasteiger partial charge in [0.15, 0.2) is 0 Å². The van der Waals surface area contributed by atoms with E-state index in [0.717, 1.165) is 31.0 Å². The van der Waals surface area contributed by atoms with E-state index in [9.17, 15) is 0 Å². The largest absolute Gasteiger partial charge is 0.495 e. The van der Waals surface area contributed by atoms with Crippen LogP contribution in [0.15, 0.2) is 30.6 Å². The summed E-state index contributed by atoms with van der Waals surface area (Å²) < 4.78 is 7.30. The summed E-state index contributed by atoms with van der Waals surface area (Å²) in [6, 6.07) is 5.58. The molecule has 0 amide bonds. The number of hydrogen-bond donors (Lipinski definition) is 1. The van der Waals surface area contributed by atoms with E-state index in [4.69, 9.17) is 16.3 Å². The maximum Gasteiger partial charge on any atom is 0.207 e. The molecule has 19 heavy (non-hydrogen) atoms. The number of ether oxygens (including phenoxy) is 1. The van der Waals surface area contributed by atoms with Gasteiger partial charge in [0.05, 0.1) is 12.1 Å². The highest BCUT2D eigenvalue weighted by atomic mass is 35.5. The van der Waals surface area contributed by atoms with E-state index in [0.29, 0.717) is 10.8 Å². The van der Waals surface area contributed by atoms with E-state index >= 15 is 0 Å². The fourth-order valence-electron chi connectivity index (χ4n) is 1.81. The Morgan fingerprint density at radius 2 is 2.26 bits per heavy atom. The van der Waals surface area contributed by atoms with Crippen molar-refractivity contribution in [2.24, 2.45) is 0 Å². The highest BCUT2D eigenvalue weighted by Crippen LogP contribution is 2.28. The van der Waals surface area contributed by atoms with Crippen LogP contribution in [0, 0.1) is 0 Å². The van der Waals surface area contributed by atoms with Gasteiger partial charge in [-0.25, -0.2) is 4.98 Å². The van der Waals surface area contributed by atoms with Crippen LogP contribution in [0.3, 0.4) is 0 Å². The fraction of sp³-hybridized carbons (Fsp3) is 0.357. The Kier molecular flexibility index (Phi) is 4.68. The lowest BCUT2D eigenvalue weighted by Gasteiger charge is -2.11. The van der Waals surface area contributed by atoms with Crippen LogP contribution in [0.5, 0.6) is 5.75 Å². The second kappa shape index (κ2) is 6.48. The molecule has 0 aliphatic carbocycles. The minimum atomic E-state index is 0.599. The molecule has 0 bridgehead atoms. The molecule has 0 atom stereocenters. The topological polar surface area (TPSA) is 39.1 Å². The third kappa shape index (κ3) is 3.41. The summed E-state index contributed by atoms with van der Waals surface area (Å²) in [4.78, 5) is 4.32. The van der Waals surface area contributed by atoms with Crippen molar-refractivity contribution in [3.63, 3.8) is 0 Å². The second-order valence-corrected chi connectivity index (χ2v) is 4.68. The van der Waals surface area contributed by atoms with E-state index in [2.05, 4.69) is 21.8 Å². The molecule has 2 aromatic rings. The Hall–Kier alpha value is -1.68. The summed E-state index contributed by atoms with van der Waals surface area (Å²) in [5, 5.41) is 3.88. The molecule has 0 fully saturated rings. The highest BCUT2D eigenvalue weighted by Gasteiger charge is 2.05. The zero-order chi connectivity index (χ0) is 13.7. The summed E-state index contributed by atoms with van der Waals surface area (Å²) >= 11 is 6.00. The van der Waals surface area contributed by atoms with Crippen molar-refractivity contribution in [2.75, 3.05) is 12.4 Å². The van der Waals surface area contributed by atoms with Crippen molar-refractivity contribution in [1.82, 2.24) is 9.55 Å². The van der Waals surface area contributed by atoms with Gasteiger partial charge < -0.3 is 14.6 Å². The van der Waals surface area contributed by atoms with Crippen LogP contribution >= 0.6 is 11.6 Å². The summed E-state index contributed by atoms with van der Waals surface area (Å²) in [6.45, 7) is 3.14. The van der Waals surface area contributed by atoms with Gasteiger partial charge in [0.2, 0.25) is 5.95 Å². The number of methoxy groups -OCH3 is 1. The summed E-state index contributed by atoms with van der Waals surface area (Å²) in [6.07, 6.45) is 6.07. The lowest BCUT2D eigenvalue weighted by atomic mass is 10.3. The molecule has 102 valence electrons. The smallest absolute Gasteiger partial charge is 0.207 e. The minimum Gasteiger partial charge on any atom is -0.495 e. The van der Waals surface area contributed by atoms with Crippen molar-refractivity contribution in [2.45, 2.75) is 26.3 Å². The number of benzene rings is 1. The van der Waals surface area contributed by atoms with Gasteiger partial charge in [0, 0.05) is 30.7 Å². The number of anilines is 2. The van der Waals surface area contributed by atoms with Crippen LogP contribution in [-0.2, 0) is 6.54 Å². The van der Waals surface area contributed by atoms with Gasteiger partial charge in [-0.15, -0.1) is 0 Å². The zero-order valence-corrected chi connectivity index (χ0v) is 11.9. The normalized spacial score (nSPS) is 10.5. The third-order valence-corrected chi connectivity index (χ3v) is 3.19. The number of aromatic nitrogens is 2. The highest BCUT2D eigenvalue weighted by molar-refractivity contribution is 6.32. The molecule has 0 radical (unpaired) electrons. The Labute approximate surface area is 118 Å².